The van der Waals surface area contributed by atoms with E-state index in [0.717, 1.165) is 36.8 Å². The van der Waals surface area contributed by atoms with Gasteiger partial charge in [-0.2, -0.15) is 13.2 Å². The Morgan fingerprint density at radius 1 is 1.06 bits per heavy atom. The summed E-state index contributed by atoms with van der Waals surface area (Å²) in [5.41, 5.74) is 3.07. The quantitative estimate of drug-likeness (QED) is 0.322. The molecule has 34 heavy (non-hydrogen) atoms. The summed E-state index contributed by atoms with van der Waals surface area (Å²) in [7, 11) is 1.49. The van der Waals surface area contributed by atoms with Crippen molar-refractivity contribution >= 4 is 11.3 Å². The number of methoxy groups -OCH3 is 1. The maximum absolute atomic E-state index is 14.1. The first kappa shape index (κ1) is 24.2. The molecular weight excluding hydrogens is 442 g/mol. The molecule has 0 aromatic heterocycles. The monoisotopic (exact) mass is 471 g/mol. The highest BCUT2D eigenvalue weighted by Gasteiger charge is 2.34. The Labute approximate surface area is 198 Å². The molecule has 0 amide bonds. The second kappa shape index (κ2) is 10.2. The summed E-state index contributed by atoms with van der Waals surface area (Å²) in [5.74, 6) is 0.441. The van der Waals surface area contributed by atoms with Gasteiger partial charge in [-0.05, 0) is 85.1 Å². The molecule has 0 spiro atoms. The third-order valence-corrected chi connectivity index (χ3v) is 6.54. The minimum Gasteiger partial charge on any atom is -0.496 e. The summed E-state index contributed by atoms with van der Waals surface area (Å²) >= 11 is 0. The fraction of sp³-hybridized carbons (Fsp3) is 0.393. The fourth-order valence-corrected chi connectivity index (χ4v) is 4.82. The van der Waals surface area contributed by atoms with E-state index in [1.807, 2.05) is 0 Å². The molecule has 0 N–H and O–H groups in total. The van der Waals surface area contributed by atoms with Crippen LogP contribution in [0.3, 0.4) is 0 Å². The minimum atomic E-state index is -4.44. The largest absolute Gasteiger partial charge is 0.496 e. The Morgan fingerprint density at radius 2 is 1.88 bits per heavy atom. The first-order valence-corrected chi connectivity index (χ1v) is 11.7. The average molecular weight is 472 g/mol. The summed E-state index contributed by atoms with van der Waals surface area (Å²) in [5, 5.41) is 0. The highest BCUT2D eigenvalue weighted by atomic mass is 19.4. The second-order valence-electron chi connectivity index (χ2n) is 9.13. The van der Waals surface area contributed by atoms with E-state index in [9.17, 15) is 17.6 Å². The second-order valence-corrected chi connectivity index (χ2v) is 9.13. The van der Waals surface area contributed by atoms with Crippen LogP contribution in [-0.2, 0) is 12.6 Å². The maximum atomic E-state index is 14.1. The zero-order valence-electron chi connectivity index (χ0n) is 19.5. The Hall–Kier alpha value is -2.89. The average Bonchev–Trinajstić information content (AvgIpc) is 3.02. The number of nitrogens with zero attached hydrogens (tertiary/aromatic N) is 1. The van der Waals surface area contributed by atoms with Gasteiger partial charge in [0.1, 0.15) is 11.6 Å². The predicted octanol–water partition coefficient (Wildman–Crippen LogP) is 7.81. The van der Waals surface area contributed by atoms with Crippen LogP contribution in [0.4, 0.5) is 17.6 Å². The molecule has 0 fully saturated rings. The van der Waals surface area contributed by atoms with Crippen molar-refractivity contribution in [3.63, 3.8) is 0 Å². The SMILES string of the molecule is COc1ccc(F)cc1C1=NCCC(c2ccc(CC3=CC(C)CCCC3)c(C(F)(F)F)c2)=C1. The van der Waals surface area contributed by atoms with Gasteiger partial charge in [0.2, 0.25) is 0 Å². The van der Waals surface area contributed by atoms with E-state index in [2.05, 4.69) is 18.0 Å². The lowest BCUT2D eigenvalue weighted by atomic mass is 9.90. The molecule has 1 aliphatic carbocycles. The lowest BCUT2D eigenvalue weighted by Crippen LogP contribution is -2.12. The highest BCUT2D eigenvalue weighted by molar-refractivity contribution is 6.14. The molecule has 1 atom stereocenters. The van der Waals surface area contributed by atoms with Gasteiger partial charge in [-0.1, -0.05) is 37.1 Å². The molecule has 180 valence electrons. The molecule has 2 aromatic carbocycles. The summed E-state index contributed by atoms with van der Waals surface area (Å²) < 4.78 is 61.4. The number of dihydropyridines is 1. The molecule has 2 aliphatic rings. The van der Waals surface area contributed by atoms with E-state index < -0.39 is 17.6 Å². The molecule has 1 aliphatic heterocycles. The van der Waals surface area contributed by atoms with E-state index in [4.69, 9.17) is 4.74 Å². The van der Waals surface area contributed by atoms with Crippen molar-refractivity contribution in [3.05, 3.63) is 82.2 Å². The molecule has 0 radical (unpaired) electrons. The van der Waals surface area contributed by atoms with Gasteiger partial charge in [-0.15, -0.1) is 0 Å². The van der Waals surface area contributed by atoms with Crippen LogP contribution in [0.2, 0.25) is 0 Å². The van der Waals surface area contributed by atoms with Crippen LogP contribution in [-0.4, -0.2) is 19.4 Å². The molecular formula is C28H29F4NO. The first-order chi connectivity index (χ1) is 16.2. The molecule has 1 heterocycles. The number of benzene rings is 2. The van der Waals surface area contributed by atoms with Gasteiger partial charge in [0.25, 0.3) is 0 Å². The molecule has 0 bridgehead atoms. The Bertz CT molecular complexity index is 1140. The number of rotatable bonds is 5. The standard InChI is InChI=1S/C28H29F4NO/c1-18-5-3-4-6-19(13-18)14-22-8-7-20(15-25(22)28(30,31)32)21-11-12-33-26(16-21)24-17-23(29)9-10-27(24)34-2/h7-10,13,15-18H,3-6,11-12,14H2,1-2H3. The van der Waals surface area contributed by atoms with E-state index in [0.29, 0.717) is 53.5 Å². The zero-order valence-corrected chi connectivity index (χ0v) is 19.5. The van der Waals surface area contributed by atoms with Gasteiger partial charge in [-0.25, -0.2) is 4.39 Å². The van der Waals surface area contributed by atoms with Gasteiger partial charge in [0, 0.05) is 12.1 Å². The zero-order chi connectivity index (χ0) is 24.3. The number of halogens is 4. The molecule has 1 unspecified atom stereocenters. The lowest BCUT2D eigenvalue weighted by molar-refractivity contribution is -0.138. The van der Waals surface area contributed by atoms with Crippen LogP contribution in [0.15, 0.2) is 59.1 Å². The van der Waals surface area contributed by atoms with Crippen LogP contribution in [0.25, 0.3) is 5.57 Å². The summed E-state index contributed by atoms with van der Waals surface area (Å²) in [6.07, 6.45) is 4.36. The maximum Gasteiger partial charge on any atom is 0.416 e. The topological polar surface area (TPSA) is 21.6 Å². The van der Waals surface area contributed by atoms with Crippen molar-refractivity contribution in [1.29, 1.82) is 0 Å². The van der Waals surface area contributed by atoms with E-state index >= 15 is 0 Å². The molecule has 2 nitrogen and oxygen atoms in total. The normalized spacial score (nSPS) is 19.1. The van der Waals surface area contributed by atoms with Crippen LogP contribution in [0.1, 0.15) is 61.3 Å². The van der Waals surface area contributed by atoms with Crippen molar-refractivity contribution in [2.24, 2.45) is 10.9 Å². The van der Waals surface area contributed by atoms with Crippen LogP contribution < -0.4 is 4.74 Å². The summed E-state index contributed by atoms with van der Waals surface area (Å²) in [6.45, 7) is 2.54. The summed E-state index contributed by atoms with van der Waals surface area (Å²) in [6, 6.07) is 8.80. The Balaban J connectivity index is 1.68. The van der Waals surface area contributed by atoms with Crippen LogP contribution in [0, 0.1) is 11.7 Å². The molecule has 0 saturated heterocycles. The molecule has 6 heteroatoms. The predicted molar refractivity (Wildman–Crippen MR) is 128 cm³/mol. The Morgan fingerprint density at radius 3 is 2.65 bits per heavy atom. The number of hydrogen-bond donors (Lipinski definition) is 0. The number of ether oxygens (including phenoxy) is 1. The number of allylic oxidation sites excluding steroid dienone is 3. The summed E-state index contributed by atoms with van der Waals surface area (Å²) in [4.78, 5) is 4.47. The van der Waals surface area contributed by atoms with E-state index in [-0.39, 0.29) is 0 Å². The van der Waals surface area contributed by atoms with Crippen molar-refractivity contribution in [2.75, 3.05) is 13.7 Å². The van der Waals surface area contributed by atoms with Crippen LogP contribution >= 0.6 is 0 Å². The van der Waals surface area contributed by atoms with E-state index in [1.54, 1.807) is 18.2 Å². The third-order valence-electron chi connectivity index (χ3n) is 6.54. The van der Waals surface area contributed by atoms with E-state index in [1.165, 1.54) is 31.4 Å². The molecule has 0 saturated carbocycles. The molecule has 2 aromatic rings. The van der Waals surface area contributed by atoms with Crippen LogP contribution in [0.5, 0.6) is 5.75 Å². The number of hydrogen-bond acceptors (Lipinski definition) is 2. The molecule has 4 rings (SSSR count). The number of alkyl halides is 3. The first-order valence-electron chi connectivity index (χ1n) is 11.7. The van der Waals surface area contributed by atoms with Crippen molar-refractivity contribution in [1.82, 2.24) is 0 Å². The van der Waals surface area contributed by atoms with Gasteiger partial charge in [-0.3, -0.25) is 4.99 Å². The smallest absolute Gasteiger partial charge is 0.416 e. The van der Waals surface area contributed by atoms with Gasteiger partial charge in [0.05, 0.1) is 18.4 Å². The van der Waals surface area contributed by atoms with Gasteiger partial charge in [0.15, 0.2) is 0 Å². The minimum absolute atomic E-state index is 0.314. The van der Waals surface area contributed by atoms with Crippen molar-refractivity contribution < 1.29 is 22.3 Å². The van der Waals surface area contributed by atoms with Gasteiger partial charge < -0.3 is 4.74 Å². The lowest BCUT2D eigenvalue weighted by Gasteiger charge is -2.19. The highest BCUT2D eigenvalue weighted by Crippen LogP contribution is 2.37. The third kappa shape index (κ3) is 5.60. The van der Waals surface area contributed by atoms with Crippen molar-refractivity contribution in [3.8, 4) is 5.75 Å². The fourth-order valence-electron chi connectivity index (χ4n) is 4.82. The van der Waals surface area contributed by atoms with Crippen molar-refractivity contribution in [2.45, 2.75) is 51.6 Å². The number of aliphatic imine (C=N–C) groups is 1. The van der Waals surface area contributed by atoms with Gasteiger partial charge >= 0.3 is 6.18 Å². The Kier molecular flexibility index (Phi) is 7.24.